The van der Waals surface area contributed by atoms with Crippen molar-refractivity contribution in [2.24, 2.45) is 0 Å². The molecule has 0 spiro atoms. The summed E-state index contributed by atoms with van der Waals surface area (Å²) >= 11 is 0. The van der Waals surface area contributed by atoms with Crippen LogP contribution in [-0.2, 0) is 30.4 Å². The van der Waals surface area contributed by atoms with Gasteiger partial charge in [-0.1, -0.05) is 0 Å². The molecule has 0 radical (unpaired) electrons. The van der Waals surface area contributed by atoms with Crippen LogP contribution in [0.5, 0.6) is 0 Å². The minimum Gasteiger partial charge on any atom is -0.744 e. The Hall–Kier alpha value is 3.14. The summed E-state index contributed by atoms with van der Waals surface area (Å²) in [6.07, 6.45) is 0. The average molecular weight is 498 g/mol. The van der Waals surface area contributed by atoms with Crippen molar-refractivity contribution in [3.05, 3.63) is 24.3 Å². The fourth-order valence-electron chi connectivity index (χ4n) is 1.94. The van der Waals surface area contributed by atoms with E-state index in [0.29, 0.717) is 24.3 Å². The SMILES string of the molecule is Nc1cc(S(=O)(=O)[O-])cc2cc(S(=O)(=O)[O-])cc(S(=O)(=O)[O-])c12.[K+].[K+].[K+]. The number of anilines is 1. The summed E-state index contributed by atoms with van der Waals surface area (Å²) in [5.41, 5.74) is 4.92. The maximum absolute atomic E-state index is 11.3. The number of hydrogen-bond acceptors (Lipinski definition) is 10. The standard InChI is InChI=1S/C10H9NO9S3.3K/c11-8-3-6(21(12,13)14)1-5-2-7(22(15,16)17)4-9(10(5)8)23(18,19)20;;;/h1-4H,11H2,(H,12,13,14)(H,15,16,17)(H,18,19,20);;;/q;3*+1/p-3. The first-order valence-corrected chi connectivity index (χ1v) is 9.69. The summed E-state index contributed by atoms with van der Waals surface area (Å²) in [7, 11) is -15.4. The number of benzene rings is 2. The zero-order valence-corrected chi connectivity index (χ0v) is 25.6. The van der Waals surface area contributed by atoms with Crippen molar-refractivity contribution >= 4 is 46.8 Å². The molecule has 0 unspecified atom stereocenters. The molecule has 16 heteroatoms. The van der Waals surface area contributed by atoms with Crippen LogP contribution in [-0.4, -0.2) is 38.9 Å². The van der Waals surface area contributed by atoms with Crippen molar-refractivity contribution < 1.29 is 193 Å². The third-order valence-corrected chi connectivity index (χ3v) is 5.32. The van der Waals surface area contributed by atoms with E-state index in [1.165, 1.54) is 0 Å². The molecular formula is C10H6K3NO9S3. The smallest absolute Gasteiger partial charge is 0.744 e. The maximum atomic E-state index is 11.3. The first kappa shape index (κ1) is 31.3. The number of nitrogens with two attached hydrogens (primary N) is 1. The molecule has 2 aromatic rings. The Morgan fingerprint density at radius 1 is 0.654 bits per heavy atom. The Bertz CT molecular complexity index is 1140. The van der Waals surface area contributed by atoms with Gasteiger partial charge in [0.25, 0.3) is 0 Å². The van der Waals surface area contributed by atoms with E-state index in [4.69, 9.17) is 5.73 Å². The predicted molar refractivity (Wildman–Crippen MR) is 72.3 cm³/mol. The third kappa shape index (κ3) is 7.68. The molecule has 0 atom stereocenters. The van der Waals surface area contributed by atoms with Gasteiger partial charge in [-0.05, 0) is 29.7 Å². The van der Waals surface area contributed by atoms with Gasteiger partial charge in [-0.25, -0.2) is 25.3 Å². The first-order valence-electron chi connectivity index (χ1n) is 5.46. The van der Waals surface area contributed by atoms with E-state index >= 15 is 0 Å². The second-order valence-corrected chi connectivity index (χ2v) is 8.50. The molecule has 2 aromatic carbocycles. The Morgan fingerprint density at radius 2 is 1.04 bits per heavy atom. The molecular weight excluding hydrogens is 492 g/mol. The van der Waals surface area contributed by atoms with Crippen molar-refractivity contribution in [3.8, 4) is 0 Å². The molecule has 0 aliphatic rings. The van der Waals surface area contributed by atoms with Gasteiger partial charge < -0.3 is 19.4 Å². The second kappa shape index (κ2) is 11.1. The van der Waals surface area contributed by atoms with Crippen molar-refractivity contribution in [1.29, 1.82) is 0 Å². The van der Waals surface area contributed by atoms with E-state index in [1.807, 2.05) is 0 Å². The van der Waals surface area contributed by atoms with Crippen LogP contribution in [0.1, 0.15) is 0 Å². The zero-order chi connectivity index (χ0) is 17.8. The van der Waals surface area contributed by atoms with Gasteiger partial charge in [-0.2, -0.15) is 0 Å². The Kier molecular flexibility index (Phi) is 13.4. The van der Waals surface area contributed by atoms with Crippen LogP contribution in [0.25, 0.3) is 10.8 Å². The summed E-state index contributed by atoms with van der Waals surface area (Å²) < 4.78 is 100. The molecule has 0 aliphatic carbocycles. The van der Waals surface area contributed by atoms with Crippen LogP contribution in [0.2, 0.25) is 0 Å². The molecule has 0 saturated carbocycles. The fourth-order valence-corrected chi connectivity index (χ4v) is 3.85. The van der Waals surface area contributed by atoms with Crippen LogP contribution in [0.15, 0.2) is 39.0 Å². The second-order valence-electron chi connectivity index (χ2n) is 4.39. The summed E-state index contributed by atoms with van der Waals surface area (Å²) in [6.45, 7) is 0. The summed E-state index contributed by atoms with van der Waals surface area (Å²) in [6, 6.07) is 2.20. The minimum absolute atomic E-state index is 0. The van der Waals surface area contributed by atoms with Crippen LogP contribution in [0, 0.1) is 0 Å². The summed E-state index contributed by atoms with van der Waals surface area (Å²) in [4.78, 5) is -3.08. The van der Waals surface area contributed by atoms with Crippen LogP contribution in [0.4, 0.5) is 5.69 Å². The molecule has 2 rings (SSSR count). The predicted octanol–water partition coefficient (Wildman–Crippen LogP) is -9.85. The molecule has 0 aliphatic heterocycles. The van der Waals surface area contributed by atoms with Gasteiger partial charge >= 0.3 is 154 Å². The van der Waals surface area contributed by atoms with Crippen molar-refractivity contribution in [2.75, 3.05) is 5.73 Å². The third-order valence-electron chi connectivity index (χ3n) is 2.84. The van der Waals surface area contributed by atoms with E-state index in [1.54, 1.807) is 0 Å². The molecule has 2 N–H and O–H groups in total. The summed E-state index contributed by atoms with van der Waals surface area (Å²) in [5.74, 6) is 0. The average Bonchev–Trinajstić information content (AvgIpc) is 2.33. The van der Waals surface area contributed by atoms with E-state index < -0.39 is 61.5 Å². The Labute approximate surface area is 277 Å². The number of fused-ring (bicyclic) bond motifs is 1. The topological polar surface area (TPSA) is 198 Å². The molecule has 26 heavy (non-hydrogen) atoms. The molecule has 0 bridgehead atoms. The minimum atomic E-state index is -5.24. The van der Waals surface area contributed by atoms with E-state index in [0.717, 1.165) is 0 Å². The van der Waals surface area contributed by atoms with Crippen LogP contribution < -0.4 is 160 Å². The van der Waals surface area contributed by atoms with Gasteiger partial charge in [0.05, 0.1) is 14.7 Å². The quantitative estimate of drug-likeness (QED) is 0.241. The van der Waals surface area contributed by atoms with Gasteiger partial charge in [0, 0.05) is 11.1 Å². The zero-order valence-electron chi connectivity index (χ0n) is 13.8. The fraction of sp³-hybridized carbons (Fsp3) is 0. The molecule has 0 fully saturated rings. The van der Waals surface area contributed by atoms with Gasteiger partial charge in [-0.3, -0.25) is 0 Å². The molecule has 10 nitrogen and oxygen atoms in total. The number of rotatable bonds is 3. The van der Waals surface area contributed by atoms with Crippen molar-refractivity contribution in [1.82, 2.24) is 0 Å². The van der Waals surface area contributed by atoms with Gasteiger partial charge in [0.1, 0.15) is 30.4 Å². The molecule has 126 valence electrons. The largest absolute Gasteiger partial charge is 1.00 e. The molecule has 0 saturated heterocycles. The van der Waals surface area contributed by atoms with E-state index in [2.05, 4.69) is 0 Å². The molecule has 0 amide bonds. The van der Waals surface area contributed by atoms with Crippen molar-refractivity contribution in [2.45, 2.75) is 14.7 Å². The molecule has 0 heterocycles. The Balaban J connectivity index is 0. The molecule has 0 aromatic heterocycles. The first-order chi connectivity index (χ1) is 10.2. The monoisotopic (exact) mass is 497 g/mol. The normalized spacial score (nSPS) is 11.8. The number of nitrogen functional groups attached to an aromatic ring is 1. The van der Waals surface area contributed by atoms with Crippen LogP contribution >= 0.6 is 0 Å². The van der Waals surface area contributed by atoms with E-state index in [-0.39, 0.29) is 154 Å². The number of hydrogen-bond donors (Lipinski definition) is 1. The Morgan fingerprint density at radius 3 is 1.38 bits per heavy atom. The van der Waals surface area contributed by atoms with Gasteiger partial charge in [-0.15, -0.1) is 0 Å². The summed E-state index contributed by atoms with van der Waals surface area (Å²) in [5, 5.41) is -0.953. The van der Waals surface area contributed by atoms with E-state index in [9.17, 15) is 38.9 Å². The van der Waals surface area contributed by atoms with Crippen molar-refractivity contribution in [3.63, 3.8) is 0 Å². The van der Waals surface area contributed by atoms with Gasteiger partial charge in [0.2, 0.25) is 0 Å². The van der Waals surface area contributed by atoms with Crippen LogP contribution in [0.3, 0.4) is 0 Å². The van der Waals surface area contributed by atoms with Gasteiger partial charge in [0.15, 0.2) is 0 Å². The maximum Gasteiger partial charge on any atom is 1.00 e.